The molecule has 1 saturated carbocycles. The van der Waals surface area contributed by atoms with E-state index in [1.54, 1.807) is 0 Å². The Balaban J connectivity index is 2.59. The van der Waals surface area contributed by atoms with E-state index in [0.717, 1.165) is 5.92 Å². The minimum atomic E-state index is 0.405. The van der Waals surface area contributed by atoms with Crippen LogP contribution in [0.15, 0.2) is 0 Å². The molecule has 120 valence electrons. The Morgan fingerprint density at radius 2 is 1.95 bits per heavy atom. The summed E-state index contributed by atoms with van der Waals surface area (Å²) in [4.78, 5) is 2.56. The monoisotopic (exact) mass is 300 g/mol. The van der Waals surface area contributed by atoms with E-state index in [9.17, 15) is 0 Å². The van der Waals surface area contributed by atoms with Crippen LogP contribution in [0.5, 0.6) is 0 Å². The molecule has 0 radical (unpaired) electrons. The molecular weight excluding hydrogens is 264 g/mol. The molecule has 0 aromatic rings. The smallest absolute Gasteiger partial charge is 0.0180 e. The first-order valence-corrected chi connectivity index (χ1v) is 9.63. The molecule has 0 spiro atoms. The van der Waals surface area contributed by atoms with Crippen LogP contribution in [0.3, 0.4) is 0 Å². The average molecular weight is 301 g/mol. The molecule has 0 amide bonds. The Hall–Kier alpha value is 0.270. The fraction of sp³-hybridized carbons (Fsp3) is 1.00. The molecule has 0 aromatic heterocycles. The molecule has 4 unspecified atom stereocenters. The zero-order chi connectivity index (χ0) is 15.3. The molecule has 20 heavy (non-hydrogen) atoms. The second-order valence-corrected chi connectivity index (χ2v) is 8.67. The molecule has 1 aliphatic rings. The maximum atomic E-state index is 6.42. The van der Waals surface area contributed by atoms with Crippen molar-refractivity contribution in [1.82, 2.24) is 4.90 Å². The Morgan fingerprint density at radius 3 is 2.45 bits per heavy atom. The molecule has 1 fully saturated rings. The van der Waals surface area contributed by atoms with Crippen LogP contribution in [-0.4, -0.2) is 42.6 Å². The highest BCUT2D eigenvalue weighted by molar-refractivity contribution is 7.98. The van der Waals surface area contributed by atoms with E-state index in [0.29, 0.717) is 23.4 Å². The molecule has 0 heterocycles. The highest BCUT2D eigenvalue weighted by atomic mass is 32.2. The SMILES string of the molecule is CCC(CSC)N(C)CC1CC(C(C)(C)C)CCC1N. The van der Waals surface area contributed by atoms with Crippen molar-refractivity contribution in [3.63, 3.8) is 0 Å². The first-order valence-electron chi connectivity index (χ1n) is 8.24. The number of rotatable bonds is 6. The number of nitrogens with two attached hydrogens (primary N) is 1. The van der Waals surface area contributed by atoms with Gasteiger partial charge in [-0.1, -0.05) is 27.7 Å². The topological polar surface area (TPSA) is 29.3 Å². The Bertz CT molecular complexity index is 275. The summed E-state index contributed by atoms with van der Waals surface area (Å²) in [6, 6.07) is 1.11. The first-order chi connectivity index (χ1) is 9.29. The third-order valence-electron chi connectivity index (χ3n) is 5.24. The minimum absolute atomic E-state index is 0.405. The molecule has 0 saturated heterocycles. The van der Waals surface area contributed by atoms with Crippen molar-refractivity contribution < 1.29 is 0 Å². The molecule has 4 atom stereocenters. The summed E-state index contributed by atoms with van der Waals surface area (Å²) >= 11 is 1.96. The lowest BCUT2D eigenvalue weighted by molar-refractivity contribution is 0.0964. The van der Waals surface area contributed by atoms with E-state index in [2.05, 4.69) is 45.9 Å². The van der Waals surface area contributed by atoms with Gasteiger partial charge in [0.1, 0.15) is 0 Å². The van der Waals surface area contributed by atoms with Gasteiger partial charge in [0, 0.05) is 24.4 Å². The van der Waals surface area contributed by atoms with Gasteiger partial charge < -0.3 is 10.6 Å². The normalized spacial score (nSPS) is 29.7. The summed E-state index contributed by atoms with van der Waals surface area (Å²) in [5, 5.41) is 0. The maximum Gasteiger partial charge on any atom is 0.0180 e. The molecule has 1 rings (SSSR count). The van der Waals surface area contributed by atoms with Crippen molar-refractivity contribution in [1.29, 1.82) is 0 Å². The van der Waals surface area contributed by atoms with Crippen LogP contribution >= 0.6 is 11.8 Å². The van der Waals surface area contributed by atoms with E-state index >= 15 is 0 Å². The van der Waals surface area contributed by atoms with Crippen molar-refractivity contribution >= 4 is 11.8 Å². The van der Waals surface area contributed by atoms with E-state index in [1.807, 2.05) is 11.8 Å². The van der Waals surface area contributed by atoms with Gasteiger partial charge in [-0.3, -0.25) is 0 Å². The third-order valence-corrected chi connectivity index (χ3v) is 5.96. The van der Waals surface area contributed by atoms with Crippen molar-refractivity contribution in [3.8, 4) is 0 Å². The fourth-order valence-corrected chi connectivity index (χ4v) is 4.43. The Kier molecular flexibility index (Phi) is 7.37. The zero-order valence-electron chi connectivity index (χ0n) is 14.5. The summed E-state index contributed by atoms with van der Waals surface area (Å²) in [7, 11) is 2.29. The van der Waals surface area contributed by atoms with E-state index in [1.165, 1.54) is 38.0 Å². The van der Waals surface area contributed by atoms with E-state index < -0.39 is 0 Å². The van der Waals surface area contributed by atoms with Crippen LogP contribution in [0.1, 0.15) is 53.4 Å². The quantitative estimate of drug-likeness (QED) is 0.808. The predicted octanol–water partition coefficient (Wildman–Crippen LogP) is 3.85. The fourth-order valence-electron chi connectivity index (χ4n) is 3.55. The second kappa shape index (κ2) is 8.05. The lowest BCUT2D eigenvalue weighted by atomic mass is 9.67. The Morgan fingerprint density at radius 1 is 1.30 bits per heavy atom. The lowest BCUT2D eigenvalue weighted by Crippen LogP contribution is -2.46. The second-order valence-electron chi connectivity index (χ2n) is 7.76. The van der Waals surface area contributed by atoms with Crippen molar-refractivity contribution in [2.45, 2.75) is 65.5 Å². The lowest BCUT2D eigenvalue weighted by Gasteiger charge is -2.42. The average Bonchev–Trinajstić information content (AvgIpc) is 2.37. The molecule has 2 N–H and O–H groups in total. The van der Waals surface area contributed by atoms with Gasteiger partial charge in [-0.2, -0.15) is 11.8 Å². The van der Waals surface area contributed by atoms with Gasteiger partial charge in [-0.05, 0) is 56.2 Å². The van der Waals surface area contributed by atoms with Crippen LogP contribution < -0.4 is 5.73 Å². The van der Waals surface area contributed by atoms with E-state index in [4.69, 9.17) is 5.73 Å². The molecule has 0 aliphatic heterocycles. The number of nitrogens with zero attached hydrogens (tertiary/aromatic N) is 1. The molecule has 0 bridgehead atoms. The molecule has 0 aromatic carbocycles. The van der Waals surface area contributed by atoms with Crippen LogP contribution in [0.25, 0.3) is 0 Å². The van der Waals surface area contributed by atoms with Crippen molar-refractivity contribution in [3.05, 3.63) is 0 Å². The zero-order valence-corrected chi connectivity index (χ0v) is 15.3. The van der Waals surface area contributed by atoms with Crippen LogP contribution in [0.2, 0.25) is 0 Å². The number of hydrogen-bond donors (Lipinski definition) is 1. The predicted molar refractivity (Wildman–Crippen MR) is 93.4 cm³/mol. The van der Waals surface area contributed by atoms with Crippen LogP contribution in [0, 0.1) is 17.3 Å². The molecule has 2 nitrogen and oxygen atoms in total. The molecule has 3 heteroatoms. The maximum absolute atomic E-state index is 6.42. The minimum Gasteiger partial charge on any atom is -0.327 e. The first kappa shape index (κ1) is 18.3. The third kappa shape index (κ3) is 5.23. The summed E-state index contributed by atoms with van der Waals surface area (Å²) in [5.41, 5.74) is 6.85. The van der Waals surface area contributed by atoms with E-state index in [-0.39, 0.29) is 0 Å². The molecule has 1 aliphatic carbocycles. The summed E-state index contributed by atoms with van der Waals surface area (Å²) in [6.45, 7) is 10.6. The highest BCUT2D eigenvalue weighted by Gasteiger charge is 2.35. The van der Waals surface area contributed by atoms with Crippen LogP contribution in [-0.2, 0) is 0 Å². The summed E-state index contributed by atoms with van der Waals surface area (Å²) < 4.78 is 0. The van der Waals surface area contributed by atoms with Gasteiger partial charge in [0.15, 0.2) is 0 Å². The Labute approximate surface area is 131 Å². The van der Waals surface area contributed by atoms with Gasteiger partial charge in [-0.25, -0.2) is 0 Å². The largest absolute Gasteiger partial charge is 0.327 e. The van der Waals surface area contributed by atoms with Gasteiger partial charge in [0.2, 0.25) is 0 Å². The van der Waals surface area contributed by atoms with Crippen molar-refractivity contribution in [2.24, 2.45) is 23.0 Å². The summed E-state index contributed by atoms with van der Waals surface area (Å²) in [5.74, 6) is 2.74. The van der Waals surface area contributed by atoms with Crippen LogP contribution in [0.4, 0.5) is 0 Å². The molecular formula is C17H36N2S. The van der Waals surface area contributed by atoms with Gasteiger partial charge >= 0.3 is 0 Å². The number of thioether (sulfide) groups is 1. The van der Waals surface area contributed by atoms with Gasteiger partial charge in [0.25, 0.3) is 0 Å². The number of hydrogen-bond acceptors (Lipinski definition) is 3. The summed E-state index contributed by atoms with van der Waals surface area (Å²) in [6.07, 6.45) is 7.28. The van der Waals surface area contributed by atoms with Crippen molar-refractivity contribution in [2.75, 3.05) is 25.6 Å². The van der Waals surface area contributed by atoms with Gasteiger partial charge in [0.05, 0.1) is 0 Å². The van der Waals surface area contributed by atoms with Gasteiger partial charge in [-0.15, -0.1) is 0 Å². The standard InChI is InChI=1S/C17H36N2S/c1-7-15(12-20-6)19(5)11-13-10-14(17(2,3)4)8-9-16(13)18/h13-16H,7-12,18H2,1-6H3. The highest BCUT2D eigenvalue weighted by Crippen LogP contribution is 2.40.